The van der Waals surface area contributed by atoms with Gasteiger partial charge in [-0.25, -0.2) is 0 Å². The van der Waals surface area contributed by atoms with Gasteiger partial charge < -0.3 is 9.80 Å². The van der Waals surface area contributed by atoms with E-state index in [-0.39, 0.29) is 0 Å². The van der Waals surface area contributed by atoms with E-state index in [4.69, 9.17) is 0 Å². The van der Waals surface area contributed by atoms with Crippen LogP contribution < -0.4 is 9.80 Å². The van der Waals surface area contributed by atoms with Gasteiger partial charge in [-0.2, -0.15) is 0 Å². The van der Waals surface area contributed by atoms with Crippen molar-refractivity contribution >= 4 is 52.7 Å². The molecule has 0 amide bonds. The Hall–Kier alpha value is -6.38. The van der Waals surface area contributed by atoms with Crippen molar-refractivity contribution in [3.8, 4) is 0 Å². The number of benzene rings is 6. The van der Waals surface area contributed by atoms with Gasteiger partial charge >= 0.3 is 0 Å². The molecule has 0 heterocycles. The van der Waals surface area contributed by atoms with Crippen LogP contribution in [0.25, 0.3) is 24.3 Å². The summed E-state index contributed by atoms with van der Waals surface area (Å²) < 4.78 is 0. The van der Waals surface area contributed by atoms with Gasteiger partial charge in [-0.15, -0.1) is 0 Å². The summed E-state index contributed by atoms with van der Waals surface area (Å²) in [6.45, 7) is 6.08. The maximum atomic E-state index is 4.07. The zero-order valence-corrected chi connectivity index (χ0v) is 27.8. The Morgan fingerprint density at radius 2 is 0.755 bits per heavy atom. The van der Waals surface area contributed by atoms with E-state index in [0.717, 1.165) is 56.4 Å². The summed E-state index contributed by atoms with van der Waals surface area (Å²) in [6.07, 6.45) is 16.7. The summed E-state index contributed by atoms with van der Waals surface area (Å²) in [5, 5.41) is 0. The number of nitrogens with zero attached hydrogens (tertiary/aromatic N) is 2. The number of hydrogen-bond donors (Lipinski definition) is 0. The molecule has 0 saturated carbocycles. The summed E-state index contributed by atoms with van der Waals surface area (Å²) >= 11 is 0. The molecule has 0 aliphatic heterocycles. The minimum Gasteiger partial charge on any atom is -0.311 e. The van der Waals surface area contributed by atoms with Gasteiger partial charge in [-0.1, -0.05) is 146 Å². The molecule has 2 nitrogen and oxygen atoms in total. The van der Waals surface area contributed by atoms with Gasteiger partial charge in [0.25, 0.3) is 0 Å². The summed E-state index contributed by atoms with van der Waals surface area (Å²) in [4.78, 5) is 4.49. The molecule has 0 unspecified atom stereocenters. The lowest BCUT2D eigenvalue weighted by molar-refractivity contribution is 1.21. The summed E-state index contributed by atoms with van der Waals surface area (Å²) in [5.41, 5.74) is 11.2. The van der Waals surface area contributed by atoms with E-state index in [1.54, 1.807) is 0 Å². The second kappa shape index (κ2) is 16.4. The average Bonchev–Trinajstić information content (AvgIpc) is 3.17. The van der Waals surface area contributed by atoms with Gasteiger partial charge in [0.05, 0.1) is 0 Å². The molecule has 49 heavy (non-hydrogen) atoms. The first-order valence-corrected chi connectivity index (χ1v) is 16.6. The quantitative estimate of drug-likeness (QED) is 0.0978. The van der Waals surface area contributed by atoms with Gasteiger partial charge in [-0.05, 0) is 102 Å². The fourth-order valence-corrected chi connectivity index (χ4v) is 5.63. The first-order chi connectivity index (χ1) is 24.2. The Bertz CT molecular complexity index is 2000. The van der Waals surface area contributed by atoms with E-state index in [2.05, 4.69) is 192 Å². The fourth-order valence-electron chi connectivity index (χ4n) is 5.63. The second-order valence-corrected chi connectivity index (χ2v) is 11.5. The smallest absolute Gasteiger partial charge is 0.0462 e. The Kier molecular flexibility index (Phi) is 10.9. The minimum absolute atomic E-state index is 1.01. The molecular formula is C47H40N2. The lowest BCUT2D eigenvalue weighted by Gasteiger charge is -2.26. The predicted molar refractivity (Wildman–Crippen MR) is 214 cm³/mol. The molecule has 0 bridgehead atoms. The summed E-state index contributed by atoms with van der Waals surface area (Å²) in [6, 6.07) is 57.3. The molecule has 0 atom stereocenters. The Labute approximate surface area is 291 Å². The highest BCUT2D eigenvalue weighted by molar-refractivity contribution is 5.79. The number of allylic oxidation sites excluding steroid dienone is 4. The van der Waals surface area contributed by atoms with E-state index in [0.29, 0.717) is 0 Å². The van der Waals surface area contributed by atoms with Crippen LogP contribution >= 0.6 is 0 Å². The zero-order chi connectivity index (χ0) is 33.7. The van der Waals surface area contributed by atoms with E-state index in [1.807, 2.05) is 43.4 Å². The van der Waals surface area contributed by atoms with Crippen LogP contribution in [-0.2, 0) is 0 Å². The third-order valence-electron chi connectivity index (χ3n) is 8.15. The van der Waals surface area contributed by atoms with Crippen LogP contribution in [-0.4, -0.2) is 0 Å². The Morgan fingerprint density at radius 3 is 1.14 bits per heavy atom. The summed E-state index contributed by atoms with van der Waals surface area (Å²) in [7, 11) is 0. The highest BCUT2D eigenvalue weighted by Crippen LogP contribution is 2.34. The second-order valence-electron chi connectivity index (χ2n) is 11.5. The topological polar surface area (TPSA) is 6.48 Å². The highest BCUT2D eigenvalue weighted by atomic mass is 15.1. The first-order valence-electron chi connectivity index (χ1n) is 16.6. The SMILES string of the molecule is C=C/C(=C\C=C/C)N(c1ccccc1)c1ccc(/C=C/c2ccc(/C=C/c3ccc(N(c4ccccc4)c4ccccc4)cc3)cc2)cc1. The standard InChI is InChI=1S/C47H40N2/c1-3-5-15-42(4-2)48(43-16-9-6-10-17-43)46-34-30-40(31-35-46)28-26-38-22-24-39(25-23-38)27-29-41-32-36-47(37-33-41)49(44-18-11-7-12-19-44)45-20-13-8-14-21-45/h3-37H,2H2,1H3/b5-3-,28-26+,29-27+,42-15+. The van der Waals surface area contributed by atoms with Crippen molar-refractivity contribution in [1.82, 2.24) is 0 Å². The molecule has 0 spiro atoms. The van der Waals surface area contributed by atoms with Crippen LogP contribution in [0.5, 0.6) is 0 Å². The fraction of sp³-hybridized carbons (Fsp3) is 0.0213. The molecule has 0 aromatic heterocycles. The third kappa shape index (κ3) is 8.51. The van der Waals surface area contributed by atoms with Gasteiger partial charge in [0.2, 0.25) is 0 Å². The van der Waals surface area contributed by atoms with E-state index in [1.165, 1.54) is 0 Å². The molecule has 0 aliphatic carbocycles. The predicted octanol–water partition coefficient (Wildman–Crippen LogP) is 13.3. The molecule has 2 heteroatoms. The monoisotopic (exact) mass is 632 g/mol. The number of hydrogen-bond acceptors (Lipinski definition) is 2. The lowest BCUT2D eigenvalue weighted by atomic mass is 10.1. The van der Waals surface area contributed by atoms with Crippen LogP contribution in [0, 0.1) is 0 Å². The third-order valence-corrected chi connectivity index (χ3v) is 8.15. The molecule has 238 valence electrons. The van der Waals surface area contributed by atoms with Gasteiger partial charge in [0.15, 0.2) is 0 Å². The molecule has 0 radical (unpaired) electrons. The molecule has 6 rings (SSSR count). The van der Waals surface area contributed by atoms with E-state index < -0.39 is 0 Å². The number of anilines is 5. The molecule has 0 fully saturated rings. The van der Waals surface area contributed by atoms with Crippen molar-refractivity contribution in [2.75, 3.05) is 9.80 Å². The molecule has 6 aromatic carbocycles. The van der Waals surface area contributed by atoms with Gasteiger partial charge in [0, 0.05) is 34.1 Å². The van der Waals surface area contributed by atoms with Crippen molar-refractivity contribution in [3.05, 3.63) is 223 Å². The normalized spacial score (nSPS) is 11.7. The Balaban J connectivity index is 1.12. The molecule has 6 aromatic rings. The molecule has 0 N–H and O–H groups in total. The van der Waals surface area contributed by atoms with Crippen LogP contribution in [0.1, 0.15) is 29.2 Å². The number of rotatable bonds is 12. The van der Waals surface area contributed by atoms with Crippen LogP contribution in [0.15, 0.2) is 200 Å². The largest absolute Gasteiger partial charge is 0.311 e. The molecular weight excluding hydrogens is 593 g/mol. The van der Waals surface area contributed by atoms with Crippen LogP contribution in [0.4, 0.5) is 28.4 Å². The van der Waals surface area contributed by atoms with Crippen molar-refractivity contribution in [2.45, 2.75) is 6.92 Å². The zero-order valence-electron chi connectivity index (χ0n) is 27.8. The first kappa shape index (κ1) is 32.6. The Morgan fingerprint density at radius 1 is 0.429 bits per heavy atom. The van der Waals surface area contributed by atoms with E-state index in [9.17, 15) is 0 Å². The van der Waals surface area contributed by atoms with Gasteiger partial charge in [-0.3, -0.25) is 0 Å². The summed E-state index contributed by atoms with van der Waals surface area (Å²) in [5.74, 6) is 0. The van der Waals surface area contributed by atoms with Crippen LogP contribution in [0.2, 0.25) is 0 Å². The average molecular weight is 633 g/mol. The van der Waals surface area contributed by atoms with Crippen molar-refractivity contribution < 1.29 is 0 Å². The number of para-hydroxylation sites is 3. The maximum Gasteiger partial charge on any atom is 0.0462 e. The molecule has 0 saturated heterocycles. The van der Waals surface area contributed by atoms with Gasteiger partial charge in [0.1, 0.15) is 0 Å². The van der Waals surface area contributed by atoms with Crippen LogP contribution in [0.3, 0.4) is 0 Å². The van der Waals surface area contributed by atoms with E-state index >= 15 is 0 Å². The maximum absolute atomic E-state index is 4.07. The van der Waals surface area contributed by atoms with Crippen molar-refractivity contribution in [3.63, 3.8) is 0 Å². The lowest BCUT2D eigenvalue weighted by Crippen LogP contribution is -2.14. The highest BCUT2D eigenvalue weighted by Gasteiger charge is 2.13. The minimum atomic E-state index is 1.01. The van der Waals surface area contributed by atoms with Crippen molar-refractivity contribution in [1.29, 1.82) is 0 Å². The molecule has 0 aliphatic rings. The van der Waals surface area contributed by atoms with Crippen molar-refractivity contribution in [2.24, 2.45) is 0 Å².